The Morgan fingerprint density at radius 1 is 1.20 bits per heavy atom. The van der Waals surface area contributed by atoms with Crippen molar-refractivity contribution in [1.82, 2.24) is 29.6 Å². The van der Waals surface area contributed by atoms with Crippen LogP contribution in [0.5, 0.6) is 0 Å². The molecule has 0 aromatic carbocycles. The first-order valence-electron chi connectivity index (χ1n) is 9.85. The summed E-state index contributed by atoms with van der Waals surface area (Å²) in [5, 5.41) is 4.55. The topological polar surface area (TPSA) is 116 Å². The monoisotopic (exact) mass is 403 g/mol. The minimum absolute atomic E-state index is 0.130. The van der Waals surface area contributed by atoms with Crippen LogP contribution in [0.15, 0.2) is 47.5 Å². The molecule has 0 radical (unpaired) electrons. The molecule has 4 aromatic rings. The van der Waals surface area contributed by atoms with E-state index in [-0.39, 0.29) is 11.9 Å². The van der Waals surface area contributed by atoms with Crippen LogP contribution in [0.2, 0.25) is 0 Å². The maximum atomic E-state index is 11.5. The summed E-state index contributed by atoms with van der Waals surface area (Å²) in [6.45, 7) is 3.14. The normalized spacial score (nSPS) is 15.0. The van der Waals surface area contributed by atoms with Gasteiger partial charge < -0.3 is 15.1 Å². The first-order chi connectivity index (χ1) is 14.6. The van der Waals surface area contributed by atoms with E-state index < -0.39 is 0 Å². The summed E-state index contributed by atoms with van der Waals surface area (Å²) in [5.41, 5.74) is 9.87. The van der Waals surface area contributed by atoms with Gasteiger partial charge in [-0.15, -0.1) is 0 Å². The van der Waals surface area contributed by atoms with Crippen LogP contribution in [0, 0.1) is 0 Å². The minimum Gasteiger partial charge on any atom is -0.436 e. The fraction of sp³-hybridized carbons (Fsp3) is 0.286. The summed E-state index contributed by atoms with van der Waals surface area (Å²) in [6.07, 6.45) is 10.7. The third-order valence-electron chi connectivity index (χ3n) is 5.56. The summed E-state index contributed by atoms with van der Waals surface area (Å²) in [6, 6.07) is 3.96. The Balaban J connectivity index is 1.42. The highest BCUT2D eigenvalue weighted by Gasteiger charge is 2.23. The maximum Gasteiger partial charge on any atom is 0.231 e. The van der Waals surface area contributed by atoms with E-state index in [0.717, 1.165) is 37.1 Å². The first-order valence-corrected chi connectivity index (χ1v) is 9.85. The molecule has 1 amide bonds. The van der Waals surface area contributed by atoms with Gasteiger partial charge in [-0.05, 0) is 18.9 Å². The number of fused-ring (bicyclic) bond motifs is 1. The second kappa shape index (κ2) is 7.25. The average Bonchev–Trinajstić information content (AvgIpc) is 3.41. The molecule has 1 aliphatic rings. The zero-order valence-corrected chi connectivity index (χ0v) is 16.5. The second-order valence-corrected chi connectivity index (χ2v) is 7.47. The van der Waals surface area contributed by atoms with Crippen molar-refractivity contribution >= 4 is 22.8 Å². The average molecular weight is 403 g/mol. The highest BCUT2D eigenvalue weighted by molar-refractivity contribution is 5.80. The molecule has 0 aliphatic carbocycles. The molecule has 4 aromatic heterocycles. The van der Waals surface area contributed by atoms with Crippen LogP contribution < -0.4 is 5.73 Å². The summed E-state index contributed by atoms with van der Waals surface area (Å²) >= 11 is 0. The van der Waals surface area contributed by atoms with Gasteiger partial charge in [0.2, 0.25) is 11.8 Å². The van der Waals surface area contributed by atoms with Gasteiger partial charge in [0.05, 0.1) is 24.0 Å². The van der Waals surface area contributed by atoms with Gasteiger partial charge in [0.15, 0.2) is 5.58 Å². The van der Waals surface area contributed by atoms with Crippen LogP contribution in [0.4, 0.5) is 5.82 Å². The van der Waals surface area contributed by atoms with Gasteiger partial charge in [-0.25, -0.2) is 9.97 Å². The Morgan fingerprint density at radius 3 is 2.80 bits per heavy atom. The molecule has 152 valence electrons. The van der Waals surface area contributed by atoms with Crippen molar-refractivity contribution in [2.45, 2.75) is 25.8 Å². The Morgan fingerprint density at radius 2 is 2.03 bits per heavy atom. The summed E-state index contributed by atoms with van der Waals surface area (Å²) in [5.74, 6) is 0.890. The van der Waals surface area contributed by atoms with Crippen molar-refractivity contribution in [2.24, 2.45) is 0 Å². The molecular formula is C21H21N7O2. The molecule has 0 unspecified atom stereocenters. The van der Waals surface area contributed by atoms with E-state index in [0.29, 0.717) is 28.4 Å². The van der Waals surface area contributed by atoms with Gasteiger partial charge in [0.1, 0.15) is 11.3 Å². The number of anilines is 1. The molecule has 9 heteroatoms. The maximum absolute atomic E-state index is 11.5. The van der Waals surface area contributed by atoms with Crippen LogP contribution in [0.1, 0.15) is 25.8 Å². The molecule has 30 heavy (non-hydrogen) atoms. The second-order valence-electron chi connectivity index (χ2n) is 7.47. The highest BCUT2D eigenvalue weighted by Crippen LogP contribution is 2.32. The molecule has 0 atom stereocenters. The molecular weight excluding hydrogens is 382 g/mol. The van der Waals surface area contributed by atoms with Crippen molar-refractivity contribution in [2.75, 3.05) is 18.8 Å². The lowest BCUT2D eigenvalue weighted by atomic mass is 10.1. The summed E-state index contributed by atoms with van der Waals surface area (Å²) in [7, 11) is 0. The van der Waals surface area contributed by atoms with E-state index in [9.17, 15) is 4.79 Å². The quantitative estimate of drug-likeness (QED) is 0.559. The number of carbonyl (C=O) groups is 1. The number of amides is 1. The van der Waals surface area contributed by atoms with Crippen molar-refractivity contribution in [3.63, 3.8) is 0 Å². The Hall–Kier alpha value is -3.75. The zero-order valence-electron chi connectivity index (χ0n) is 16.5. The Bertz CT molecular complexity index is 1190. The molecule has 0 spiro atoms. The fourth-order valence-electron chi connectivity index (χ4n) is 3.83. The van der Waals surface area contributed by atoms with E-state index >= 15 is 0 Å². The Labute approximate surface area is 172 Å². The van der Waals surface area contributed by atoms with E-state index in [1.165, 1.54) is 0 Å². The Kier molecular flexibility index (Phi) is 4.42. The molecule has 1 fully saturated rings. The van der Waals surface area contributed by atoms with Gasteiger partial charge in [-0.3, -0.25) is 14.5 Å². The van der Waals surface area contributed by atoms with Gasteiger partial charge >= 0.3 is 0 Å². The van der Waals surface area contributed by atoms with Crippen molar-refractivity contribution < 1.29 is 9.21 Å². The number of pyridine rings is 2. The van der Waals surface area contributed by atoms with E-state index in [2.05, 4.69) is 20.1 Å². The number of likely N-dealkylation sites (tertiary alicyclic amines) is 1. The van der Waals surface area contributed by atoms with Crippen LogP contribution >= 0.6 is 0 Å². The van der Waals surface area contributed by atoms with Crippen LogP contribution in [0.3, 0.4) is 0 Å². The van der Waals surface area contributed by atoms with Crippen molar-refractivity contribution in [3.8, 4) is 22.6 Å². The number of nitrogens with zero attached hydrogens (tertiary/aromatic N) is 6. The smallest absolute Gasteiger partial charge is 0.231 e. The SMILES string of the molecule is CC(=O)N1CCC(n2cc(-c3cnc(N)c(-c4nc5cnccc5o4)c3)cn2)CC1. The van der Waals surface area contributed by atoms with Gasteiger partial charge in [0, 0.05) is 55.8 Å². The van der Waals surface area contributed by atoms with Gasteiger partial charge in [0.25, 0.3) is 0 Å². The largest absolute Gasteiger partial charge is 0.436 e. The third-order valence-corrected chi connectivity index (χ3v) is 5.56. The molecule has 9 nitrogen and oxygen atoms in total. The summed E-state index contributed by atoms with van der Waals surface area (Å²) in [4.78, 5) is 26.3. The van der Waals surface area contributed by atoms with Crippen molar-refractivity contribution in [1.29, 1.82) is 0 Å². The number of nitrogen functional groups attached to an aromatic ring is 1. The summed E-state index contributed by atoms with van der Waals surface area (Å²) < 4.78 is 7.81. The van der Waals surface area contributed by atoms with E-state index in [1.807, 2.05) is 28.0 Å². The number of nitrogens with two attached hydrogens (primary N) is 1. The predicted octanol–water partition coefficient (Wildman–Crippen LogP) is 2.91. The lowest BCUT2D eigenvalue weighted by Crippen LogP contribution is -2.37. The van der Waals surface area contributed by atoms with Crippen LogP contribution in [0.25, 0.3) is 33.7 Å². The molecule has 0 bridgehead atoms. The molecule has 1 saturated heterocycles. The number of hydrogen-bond donors (Lipinski definition) is 1. The molecule has 5 heterocycles. The van der Waals surface area contributed by atoms with Gasteiger partial charge in [-0.1, -0.05) is 0 Å². The lowest BCUT2D eigenvalue weighted by Gasteiger charge is -2.31. The van der Waals surface area contributed by atoms with E-state index in [4.69, 9.17) is 10.2 Å². The standard InChI is InChI=1S/C21H21N7O2/c1-13(29)27-6-3-16(4-7-27)28-12-15(10-25-28)14-8-17(20(22)24-9-14)21-26-18-11-23-5-2-19(18)30-21/h2,5,8-12,16H,3-4,6-7H2,1H3,(H2,22,24). The zero-order chi connectivity index (χ0) is 20.7. The van der Waals surface area contributed by atoms with Crippen LogP contribution in [-0.4, -0.2) is 48.6 Å². The lowest BCUT2D eigenvalue weighted by molar-refractivity contribution is -0.130. The first kappa shape index (κ1) is 18.3. The third kappa shape index (κ3) is 3.28. The van der Waals surface area contributed by atoms with Gasteiger partial charge in [-0.2, -0.15) is 5.10 Å². The van der Waals surface area contributed by atoms with Crippen molar-refractivity contribution in [3.05, 3.63) is 43.1 Å². The molecule has 1 aliphatic heterocycles. The molecule has 0 saturated carbocycles. The highest BCUT2D eigenvalue weighted by atomic mass is 16.3. The number of aromatic nitrogens is 5. The van der Waals surface area contributed by atoms with E-state index in [1.54, 1.807) is 31.6 Å². The number of oxazole rings is 1. The van der Waals surface area contributed by atoms with Crippen LogP contribution in [-0.2, 0) is 4.79 Å². The number of hydrogen-bond acceptors (Lipinski definition) is 7. The predicted molar refractivity (Wildman–Crippen MR) is 111 cm³/mol. The molecule has 5 rings (SSSR count). The minimum atomic E-state index is 0.130. The number of carbonyl (C=O) groups excluding carboxylic acids is 1. The number of piperidine rings is 1. The fourth-order valence-corrected chi connectivity index (χ4v) is 3.83. The number of rotatable bonds is 3. The molecule has 2 N–H and O–H groups in total.